The third-order valence-electron chi connectivity index (χ3n) is 3.07. The fourth-order valence-corrected chi connectivity index (χ4v) is 2.27. The molecule has 1 saturated heterocycles. The van der Waals surface area contributed by atoms with Crippen LogP contribution in [0.1, 0.15) is 32.1 Å². The van der Waals surface area contributed by atoms with Crippen LogP contribution >= 0.6 is 0 Å². The Morgan fingerprint density at radius 1 is 1.33 bits per heavy atom. The first kappa shape index (κ1) is 8.52. The highest BCUT2D eigenvalue weighted by molar-refractivity contribution is 4.91. The SMILES string of the molecule is COCCCC1CCC2OC2C1. The van der Waals surface area contributed by atoms with E-state index < -0.39 is 0 Å². The summed E-state index contributed by atoms with van der Waals surface area (Å²) in [5, 5.41) is 0. The monoisotopic (exact) mass is 170 g/mol. The third-order valence-corrected chi connectivity index (χ3v) is 3.07. The summed E-state index contributed by atoms with van der Waals surface area (Å²) in [5.74, 6) is 0.920. The summed E-state index contributed by atoms with van der Waals surface area (Å²) < 4.78 is 10.5. The van der Waals surface area contributed by atoms with Gasteiger partial charge in [0.1, 0.15) is 0 Å². The molecular formula is C10H18O2. The van der Waals surface area contributed by atoms with E-state index in [-0.39, 0.29) is 0 Å². The Labute approximate surface area is 74.2 Å². The molecule has 0 spiro atoms. The Bertz CT molecular complexity index is 147. The highest BCUT2D eigenvalue weighted by atomic mass is 16.6. The van der Waals surface area contributed by atoms with E-state index in [1.165, 1.54) is 32.1 Å². The minimum Gasteiger partial charge on any atom is -0.385 e. The minimum atomic E-state index is 0.645. The number of ether oxygens (including phenoxy) is 2. The van der Waals surface area contributed by atoms with Gasteiger partial charge in [-0.25, -0.2) is 0 Å². The van der Waals surface area contributed by atoms with Crippen LogP contribution in [0.4, 0.5) is 0 Å². The van der Waals surface area contributed by atoms with Crippen molar-refractivity contribution in [3.63, 3.8) is 0 Å². The van der Waals surface area contributed by atoms with Crippen molar-refractivity contribution in [3.05, 3.63) is 0 Å². The minimum absolute atomic E-state index is 0.645. The molecule has 70 valence electrons. The van der Waals surface area contributed by atoms with Gasteiger partial charge in [-0.05, 0) is 38.0 Å². The molecule has 2 aliphatic rings. The maximum absolute atomic E-state index is 5.48. The van der Waals surface area contributed by atoms with E-state index >= 15 is 0 Å². The third kappa shape index (κ3) is 1.99. The summed E-state index contributed by atoms with van der Waals surface area (Å²) in [4.78, 5) is 0. The summed E-state index contributed by atoms with van der Waals surface area (Å²) in [7, 11) is 1.78. The lowest BCUT2D eigenvalue weighted by Crippen LogP contribution is -2.13. The normalized spacial score (nSPS) is 39.2. The molecule has 0 aromatic carbocycles. The van der Waals surface area contributed by atoms with Gasteiger partial charge >= 0.3 is 0 Å². The van der Waals surface area contributed by atoms with Crippen LogP contribution in [-0.4, -0.2) is 25.9 Å². The molecule has 3 unspecified atom stereocenters. The summed E-state index contributed by atoms with van der Waals surface area (Å²) in [5.41, 5.74) is 0. The fourth-order valence-electron chi connectivity index (χ4n) is 2.27. The first-order chi connectivity index (χ1) is 5.90. The van der Waals surface area contributed by atoms with E-state index in [9.17, 15) is 0 Å². The molecule has 0 N–H and O–H groups in total. The van der Waals surface area contributed by atoms with E-state index in [0.29, 0.717) is 12.2 Å². The molecule has 0 bridgehead atoms. The summed E-state index contributed by atoms with van der Waals surface area (Å²) in [6.07, 6.45) is 7.86. The van der Waals surface area contributed by atoms with Gasteiger partial charge in [0.2, 0.25) is 0 Å². The maximum Gasteiger partial charge on any atom is 0.0844 e. The van der Waals surface area contributed by atoms with Gasteiger partial charge in [0.05, 0.1) is 12.2 Å². The molecule has 2 fully saturated rings. The van der Waals surface area contributed by atoms with Gasteiger partial charge in [-0.3, -0.25) is 0 Å². The Morgan fingerprint density at radius 3 is 3.00 bits per heavy atom. The Kier molecular flexibility index (Phi) is 2.66. The van der Waals surface area contributed by atoms with Crippen molar-refractivity contribution in [3.8, 4) is 0 Å². The van der Waals surface area contributed by atoms with Crippen molar-refractivity contribution >= 4 is 0 Å². The molecule has 1 saturated carbocycles. The van der Waals surface area contributed by atoms with Crippen LogP contribution in [0.3, 0.4) is 0 Å². The highest BCUT2D eigenvalue weighted by Crippen LogP contribution is 2.40. The summed E-state index contributed by atoms with van der Waals surface area (Å²) in [6, 6.07) is 0. The summed E-state index contributed by atoms with van der Waals surface area (Å²) in [6.45, 7) is 0.922. The second-order valence-corrected chi connectivity index (χ2v) is 4.03. The van der Waals surface area contributed by atoms with E-state index in [0.717, 1.165) is 12.5 Å². The Hall–Kier alpha value is -0.0800. The van der Waals surface area contributed by atoms with Crippen molar-refractivity contribution in [2.24, 2.45) is 5.92 Å². The molecule has 0 radical (unpaired) electrons. The van der Waals surface area contributed by atoms with Crippen LogP contribution in [0.5, 0.6) is 0 Å². The molecule has 3 atom stereocenters. The van der Waals surface area contributed by atoms with Crippen molar-refractivity contribution in [2.45, 2.75) is 44.3 Å². The number of hydrogen-bond donors (Lipinski definition) is 0. The number of hydrogen-bond acceptors (Lipinski definition) is 2. The quantitative estimate of drug-likeness (QED) is 0.475. The predicted octanol–water partition coefficient (Wildman–Crippen LogP) is 1.98. The molecule has 1 aliphatic carbocycles. The zero-order chi connectivity index (χ0) is 8.39. The molecule has 0 aromatic heterocycles. The number of rotatable bonds is 4. The van der Waals surface area contributed by atoms with Crippen LogP contribution < -0.4 is 0 Å². The largest absolute Gasteiger partial charge is 0.385 e. The standard InChI is InChI=1S/C10H18O2/c1-11-6-2-3-8-4-5-9-10(7-8)12-9/h8-10H,2-7H2,1H3. The van der Waals surface area contributed by atoms with Crippen LogP contribution in [0.2, 0.25) is 0 Å². The molecule has 2 rings (SSSR count). The summed E-state index contributed by atoms with van der Waals surface area (Å²) >= 11 is 0. The zero-order valence-corrected chi connectivity index (χ0v) is 7.79. The molecule has 0 amide bonds. The van der Waals surface area contributed by atoms with E-state index in [1.807, 2.05) is 0 Å². The number of epoxide rings is 1. The topological polar surface area (TPSA) is 21.8 Å². The molecule has 12 heavy (non-hydrogen) atoms. The maximum atomic E-state index is 5.48. The lowest BCUT2D eigenvalue weighted by molar-refractivity contribution is 0.183. The van der Waals surface area contributed by atoms with Crippen LogP contribution in [-0.2, 0) is 9.47 Å². The van der Waals surface area contributed by atoms with Crippen molar-refractivity contribution in [1.82, 2.24) is 0 Å². The van der Waals surface area contributed by atoms with Gasteiger partial charge in [0, 0.05) is 13.7 Å². The van der Waals surface area contributed by atoms with E-state index in [4.69, 9.17) is 9.47 Å². The second kappa shape index (κ2) is 3.75. The molecular weight excluding hydrogens is 152 g/mol. The van der Waals surface area contributed by atoms with Gasteiger partial charge < -0.3 is 9.47 Å². The van der Waals surface area contributed by atoms with Crippen LogP contribution in [0, 0.1) is 5.92 Å². The van der Waals surface area contributed by atoms with Gasteiger partial charge in [0.15, 0.2) is 0 Å². The lowest BCUT2D eigenvalue weighted by atomic mass is 9.86. The fraction of sp³-hybridized carbons (Fsp3) is 1.00. The second-order valence-electron chi connectivity index (χ2n) is 4.03. The van der Waals surface area contributed by atoms with Crippen molar-refractivity contribution < 1.29 is 9.47 Å². The first-order valence-electron chi connectivity index (χ1n) is 5.04. The van der Waals surface area contributed by atoms with Gasteiger partial charge in [-0.2, -0.15) is 0 Å². The average molecular weight is 170 g/mol. The van der Waals surface area contributed by atoms with Crippen molar-refractivity contribution in [2.75, 3.05) is 13.7 Å². The lowest BCUT2D eigenvalue weighted by Gasteiger charge is -2.18. The number of methoxy groups -OCH3 is 1. The van der Waals surface area contributed by atoms with E-state index in [2.05, 4.69) is 0 Å². The van der Waals surface area contributed by atoms with E-state index in [1.54, 1.807) is 7.11 Å². The average Bonchev–Trinajstić information content (AvgIpc) is 2.83. The molecule has 2 nitrogen and oxygen atoms in total. The molecule has 0 aromatic rings. The van der Waals surface area contributed by atoms with Crippen LogP contribution in [0.15, 0.2) is 0 Å². The number of fused-ring (bicyclic) bond motifs is 1. The van der Waals surface area contributed by atoms with Gasteiger partial charge in [-0.15, -0.1) is 0 Å². The molecule has 1 heterocycles. The van der Waals surface area contributed by atoms with Gasteiger partial charge in [-0.1, -0.05) is 0 Å². The smallest absolute Gasteiger partial charge is 0.0844 e. The van der Waals surface area contributed by atoms with Crippen molar-refractivity contribution in [1.29, 1.82) is 0 Å². The van der Waals surface area contributed by atoms with Gasteiger partial charge in [0.25, 0.3) is 0 Å². The molecule has 2 heteroatoms. The first-order valence-corrected chi connectivity index (χ1v) is 5.04. The molecule has 1 aliphatic heterocycles. The Balaban J connectivity index is 1.61. The van der Waals surface area contributed by atoms with Crippen LogP contribution in [0.25, 0.3) is 0 Å². The Morgan fingerprint density at radius 2 is 2.25 bits per heavy atom. The zero-order valence-electron chi connectivity index (χ0n) is 7.79. The predicted molar refractivity (Wildman–Crippen MR) is 47.1 cm³/mol. The highest BCUT2D eigenvalue weighted by Gasteiger charge is 2.43.